The number of sulfonamides is 1. The van der Waals surface area contributed by atoms with Crippen LogP contribution in [0, 0.1) is 25.6 Å². The summed E-state index contributed by atoms with van der Waals surface area (Å²) in [5.41, 5.74) is 3.36. The van der Waals surface area contributed by atoms with Crippen LogP contribution in [0.1, 0.15) is 35.4 Å². The second-order valence-corrected chi connectivity index (χ2v) is 11.3. The van der Waals surface area contributed by atoms with Gasteiger partial charge in [0.05, 0.1) is 0 Å². The van der Waals surface area contributed by atoms with Crippen LogP contribution >= 0.6 is 0 Å². The van der Waals surface area contributed by atoms with Gasteiger partial charge in [0.1, 0.15) is 11.5 Å². The van der Waals surface area contributed by atoms with Crippen LogP contribution in [0.15, 0.2) is 51.9 Å². The average Bonchev–Trinajstić information content (AvgIpc) is 3.25. The molecule has 2 heterocycles. The van der Waals surface area contributed by atoms with Crippen LogP contribution in [0.3, 0.4) is 0 Å². The highest BCUT2D eigenvalue weighted by Gasteiger charge is 2.36. The number of nitrogens with one attached hydrogen (secondary N) is 1. The molecular formula is C27H31FN4O4S. The summed E-state index contributed by atoms with van der Waals surface area (Å²) in [6.45, 7) is 3.95. The first-order chi connectivity index (χ1) is 17.6. The molecule has 8 nitrogen and oxygen atoms in total. The highest BCUT2D eigenvalue weighted by atomic mass is 32.2. The van der Waals surface area contributed by atoms with Crippen LogP contribution in [-0.4, -0.2) is 51.0 Å². The van der Waals surface area contributed by atoms with Crippen molar-refractivity contribution >= 4 is 39.5 Å². The molecule has 1 saturated heterocycles. The van der Waals surface area contributed by atoms with E-state index in [1.54, 1.807) is 25.1 Å². The first-order valence-corrected chi connectivity index (χ1v) is 13.5. The third-order valence-corrected chi connectivity index (χ3v) is 8.59. The summed E-state index contributed by atoms with van der Waals surface area (Å²) in [4.78, 5) is 14.9. The van der Waals surface area contributed by atoms with Crippen molar-refractivity contribution in [2.45, 2.75) is 31.6 Å². The van der Waals surface area contributed by atoms with Gasteiger partial charge in [-0.15, -0.1) is 0 Å². The van der Waals surface area contributed by atoms with E-state index in [0.717, 1.165) is 11.3 Å². The number of halogens is 1. The number of rotatable bonds is 7. The molecule has 0 bridgehead atoms. The minimum absolute atomic E-state index is 0.0386. The highest BCUT2D eigenvalue weighted by molar-refractivity contribution is 7.89. The molecule has 10 heteroatoms. The molecule has 1 aliphatic heterocycles. The summed E-state index contributed by atoms with van der Waals surface area (Å²) in [5, 5.41) is 6.81. The molecule has 4 rings (SSSR count). The van der Waals surface area contributed by atoms with E-state index in [1.807, 2.05) is 44.1 Å². The van der Waals surface area contributed by atoms with E-state index >= 15 is 0 Å². The Balaban J connectivity index is 1.44. The summed E-state index contributed by atoms with van der Waals surface area (Å²) in [7, 11) is -0.0337. The van der Waals surface area contributed by atoms with E-state index in [9.17, 15) is 17.6 Å². The number of benzene rings is 2. The molecule has 0 atom stereocenters. The van der Waals surface area contributed by atoms with Crippen molar-refractivity contribution in [3.05, 3.63) is 70.9 Å². The predicted octanol–water partition coefficient (Wildman–Crippen LogP) is 4.71. The lowest BCUT2D eigenvalue weighted by atomic mass is 9.97. The molecule has 1 N–H and O–H groups in total. The van der Waals surface area contributed by atoms with Crippen molar-refractivity contribution in [3.63, 3.8) is 0 Å². The van der Waals surface area contributed by atoms with Crippen LogP contribution in [0.4, 0.5) is 15.8 Å². The standard InChI is InChI=1S/C27H31FN4O4S/c1-18-9-11-22(17-24(18)31(3)4)29-27(33)21-13-15-32(16-14-21)37(34,35)26-19(2)30-36-25(26)12-10-20-7-5-6-8-23(20)28/h5-12,17,21H,13-16H2,1-4H3,(H,29,33). The first-order valence-electron chi connectivity index (χ1n) is 12.1. The zero-order valence-corrected chi connectivity index (χ0v) is 22.2. The van der Waals surface area contributed by atoms with Crippen molar-refractivity contribution < 1.29 is 22.1 Å². The molecule has 37 heavy (non-hydrogen) atoms. The Kier molecular flexibility index (Phi) is 7.79. The number of piperidine rings is 1. The molecule has 2 aromatic carbocycles. The van der Waals surface area contributed by atoms with Crippen molar-refractivity contribution in [3.8, 4) is 0 Å². The van der Waals surface area contributed by atoms with Gasteiger partial charge in [-0.2, -0.15) is 4.31 Å². The van der Waals surface area contributed by atoms with Gasteiger partial charge in [-0.25, -0.2) is 12.8 Å². The Morgan fingerprint density at radius 1 is 1.14 bits per heavy atom. The lowest BCUT2D eigenvalue weighted by Gasteiger charge is -2.30. The third kappa shape index (κ3) is 5.75. The van der Waals surface area contributed by atoms with Gasteiger partial charge < -0.3 is 14.7 Å². The van der Waals surface area contributed by atoms with Crippen molar-refractivity contribution in [2.24, 2.45) is 5.92 Å². The first kappa shape index (κ1) is 26.6. The van der Waals surface area contributed by atoms with Crippen LogP contribution < -0.4 is 10.2 Å². The summed E-state index contributed by atoms with van der Waals surface area (Å²) in [5.74, 6) is -0.820. The normalized spacial score (nSPS) is 15.3. The SMILES string of the molecule is Cc1ccc(NC(=O)C2CCN(S(=O)(=O)c3c(C)noc3C=Cc3ccccc3F)CC2)cc1N(C)C. The second-order valence-electron chi connectivity index (χ2n) is 9.38. The fourth-order valence-electron chi connectivity index (χ4n) is 4.48. The smallest absolute Gasteiger partial charge is 0.248 e. The number of aryl methyl sites for hydroxylation is 2. The Morgan fingerprint density at radius 3 is 2.51 bits per heavy atom. The maximum atomic E-state index is 14.0. The van der Waals surface area contributed by atoms with E-state index in [2.05, 4.69) is 10.5 Å². The van der Waals surface area contributed by atoms with Gasteiger partial charge >= 0.3 is 0 Å². The number of carbonyl (C=O) groups is 1. The molecular weight excluding hydrogens is 495 g/mol. The molecule has 1 aliphatic rings. The van der Waals surface area contributed by atoms with Gasteiger partial charge in [0, 0.05) is 50.0 Å². The molecule has 0 spiro atoms. The summed E-state index contributed by atoms with van der Waals surface area (Å²) in [6, 6.07) is 11.9. The van der Waals surface area contributed by atoms with Gasteiger partial charge in [0.25, 0.3) is 0 Å². The fourth-order valence-corrected chi connectivity index (χ4v) is 6.20. The average molecular weight is 527 g/mol. The van der Waals surface area contributed by atoms with E-state index in [-0.39, 0.29) is 41.3 Å². The minimum Gasteiger partial charge on any atom is -0.377 e. The monoisotopic (exact) mass is 526 g/mol. The van der Waals surface area contributed by atoms with Gasteiger partial charge in [-0.05, 0) is 62.6 Å². The minimum atomic E-state index is -3.93. The van der Waals surface area contributed by atoms with E-state index in [4.69, 9.17) is 4.52 Å². The zero-order chi connectivity index (χ0) is 26.7. The van der Waals surface area contributed by atoms with E-state index in [1.165, 1.54) is 22.5 Å². The molecule has 1 fully saturated rings. The van der Waals surface area contributed by atoms with Crippen LogP contribution in [0.5, 0.6) is 0 Å². The Bertz CT molecular complexity index is 1420. The summed E-state index contributed by atoms with van der Waals surface area (Å²) < 4.78 is 47.6. The molecule has 3 aromatic rings. The Hall–Kier alpha value is -3.50. The van der Waals surface area contributed by atoms with Crippen LogP contribution in [0.25, 0.3) is 12.2 Å². The molecule has 1 aromatic heterocycles. The number of carbonyl (C=O) groups excluding carboxylic acids is 1. The third-order valence-electron chi connectivity index (χ3n) is 6.53. The number of anilines is 2. The van der Waals surface area contributed by atoms with Gasteiger partial charge in [0.15, 0.2) is 10.7 Å². The Morgan fingerprint density at radius 2 is 1.84 bits per heavy atom. The fraction of sp³-hybridized carbons (Fsp3) is 0.333. The molecule has 0 saturated carbocycles. The second kappa shape index (κ2) is 10.9. The lowest BCUT2D eigenvalue weighted by Crippen LogP contribution is -2.41. The van der Waals surface area contributed by atoms with Gasteiger partial charge in [0.2, 0.25) is 15.9 Å². The van der Waals surface area contributed by atoms with E-state index in [0.29, 0.717) is 24.1 Å². The lowest BCUT2D eigenvalue weighted by molar-refractivity contribution is -0.120. The Labute approximate surface area is 216 Å². The van der Waals surface area contributed by atoms with E-state index < -0.39 is 15.8 Å². The number of aromatic nitrogens is 1. The van der Waals surface area contributed by atoms with Crippen LogP contribution in [0.2, 0.25) is 0 Å². The number of hydrogen-bond donors (Lipinski definition) is 1. The molecule has 1 amide bonds. The maximum absolute atomic E-state index is 14.0. The quantitative estimate of drug-likeness (QED) is 0.479. The molecule has 196 valence electrons. The zero-order valence-electron chi connectivity index (χ0n) is 21.4. The molecule has 0 aliphatic carbocycles. The van der Waals surface area contributed by atoms with Crippen molar-refractivity contribution in [2.75, 3.05) is 37.4 Å². The molecule has 0 radical (unpaired) electrons. The van der Waals surface area contributed by atoms with Crippen molar-refractivity contribution in [1.29, 1.82) is 0 Å². The summed E-state index contributed by atoms with van der Waals surface area (Å²) >= 11 is 0. The topological polar surface area (TPSA) is 95.8 Å². The molecule has 0 unspecified atom stereocenters. The number of hydrogen-bond acceptors (Lipinski definition) is 6. The van der Waals surface area contributed by atoms with Crippen molar-refractivity contribution in [1.82, 2.24) is 9.46 Å². The van der Waals surface area contributed by atoms with Gasteiger partial charge in [-0.1, -0.05) is 29.4 Å². The van der Waals surface area contributed by atoms with Gasteiger partial charge in [-0.3, -0.25) is 4.79 Å². The predicted molar refractivity (Wildman–Crippen MR) is 142 cm³/mol. The number of nitrogens with zero attached hydrogens (tertiary/aromatic N) is 3. The summed E-state index contributed by atoms with van der Waals surface area (Å²) in [6.07, 6.45) is 3.65. The van der Waals surface area contributed by atoms with Crippen LogP contribution in [-0.2, 0) is 14.8 Å². The maximum Gasteiger partial charge on any atom is 0.248 e. The number of amides is 1. The largest absolute Gasteiger partial charge is 0.377 e. The highest BCUT2D eigenvalue weighted by Crippen LogP contribution is 2.30.